The van der Waals surface area contributed by atoms with E-state index in [-0.39, 0.29) is 0 Å². The van der Waals surface area contributed by atoms with Gasteiger partial charge in [0.25, 0.3) is 5.91 Å². The number of carbonyl (C=O) groups is 2. The molecule has 5 nitrogen and oxygen atoms in total. The number of ether oxygens (including phenoxy) is 1. The lowest BCUT2D eigenvalue weighted by molar-refractivity contribution is -0.117. The molecule has 1 aromatic rings. The maximum absolute atomic E-state index is 11.9. The number of carbonyl (C=O) groups excluding carboxylic acids is 2. The van der Waals surface area contributed by atoms with Gasteiger partial charge in [0.15, 0.2) is 0 Å². The summed E-state index contributed by atoms with van der Waals surface area (Å²) in [5.74, 6) is -0.998. The molecule has 0 radical (unpaired) electrons. The molecule has 21 heavy (non-hydrogen) atoms. The van der Waals surface area contributed by atoms with Crippen LogP contribution in [0, 0.1) is 6.92 Å². The van der Waals surface area contributed by atoms with Gasteiger partial charge in [0, 0.05) is 25.2 Å². The molecule has 2 rings (SSSR count). The molecule has 5 heteroatoms. The molecular formula is C16H22N2O3. The molecule has 0 atom stereocenters. The Labute approximate surface area is 125 Å². The first-order valence-corrected chi connectivity index (χ1v) is 7.36. The Morgan fingerprint density at radius 2 is 1.86 bits per heavy atom. The van der Waals surface area contributed by atoms with Crippen LogP contribution in [0.1, 0.15) is 22.3 Å². The van der Waals surface area contributed by atoms with Crippen LogP contribution in [0.4, 0.5) is 0 Å². The van der Waals surface area contributed by atoms with Crippen molar-refractivity contribution >= 4 is 11.7 Å². The second kappa shape index (κ2) is 7.90. The maximum atomic E-state index is 11.9. The van der Waals surface area contributed by atoms with E-state index in [1.165, 1.54) is 0 Å². The molecule has 0 spiro atoms. The predicted octanol–water partition coefficient (Wildman–Crippen LogP) is 1.02. The highest BCUT2D eigenvalue weighted by Gasteiger charge is 2.15. The third-order valence-corrected chi connectivity index (χ3v) is 3.56. The second-order valence-electron chi connectivity index (χ2n) is 5.26. The molecule has 1 heterocycles. The number of aryl methyl sites for hydroxylation is 1. The molecule has 1 aliphatic rings. The third-order valence-electron chi connectivity index (χ3n) is 3.56. The number of hydrogen-bond donors (Lipinski definition) is 1. The van der Waals surface area contributed by atoms with E-state index < -0.39 is 11.7 Å². The fourth-order valence-corrected chi connectivity index (χ4v) is 2.25. The fourth-order valence-electron chi connectivity index (χ4n) is 2.25. The highest BCUT2D eigenvalue weighted by Crippen LogP contribution is 2.04. The quantitative estimate of drug-likeness (QED) is 0.483. The monoisotopic (exact) mass is 290 g/mol. The molecule has 0 saturated carbocycles. The van der Waals surface area contributed by atoms with Crippen LogP contribution in [0.25, 0.3) is 0 Å². The van der Waals surface area contributed by atoms with E-state index in [9.17, 15) is 9.59 Å². The summed E-state index contributed by atoms with van der Waals surface area (Å²) in [5.41, 5.74) is 1.50. The zero-order chi connectivity index (χ0) is 15.1. The summed E-state index contributed by atoms with van der Waals surface area (Å²) >= 11 is 0. The number of rotatable bonds is 6. The minimum atomic E-state index is -0.527. The molecule has 1 aliphatic heterocycles. The predicted molar refractivity (Wildman–Crippen MR) is 80.4 cm³/mol. The first-order chi connectivity index (χ1) is 10.2. The van der Waals surface area contributed by atoms with E-state index in [0.717, 1.165) is 44.8 Å². The Kier molecular flexibility index (Phi) is 5.90. The van der Waals surface area contributed by atoms with Gasteiger partial charge in [0.2, 0.25) is 5.78 Å². The second-order valence-corrected chi connectivity index (χ2v) is 5.26. The van der Waals surface area contributed by atoms with Gasteiger partial charge in [-0.25, -0.2) is 0 Å². The first-order valence-electron chi connectivity index (χ1n) is 7.36. The Morgan fingerprint density at radius 1 is 1.19 bits per heavy atom. The summed E-state index contributed by atoms with van der Waals surface area (Å²) in [6, 6.07) is 7.04. The first kappa shape index (κ1) is 15.7. The minimum Gasteiger partial charge on any atom is -0.379 e. The van der Waals surface area contributed by atoms with Gasteiger partial charge in [-0.1, -0.05) is 29.8 Å². The Balaban J connectivity index is 1.69. The van der Waals surface area contributed by atoms with Gasteiger partial charge in [-0.3, -0.25) is 14.5 Å². The summed E-state index contributed by atoms with van der Waals surface area (Å²) in [6.07, 6.45) is 0.840. The van der Waals surface area contributed by atoms with E-state index in [4.69, 9.17) is 4.74 Å². The maximum Gasteiger partial charge on any atom is 0.292 e. The summed E-state index contributed by atoms with van der Waals surface area (Å²) in [4.78, 5) is 26.0. The highest BCUT2D eigenvalue weighted by atomic mass is 16.5. The van der Waals surface area contributed by atoms with E-state index in [1.54, 1.807) is 12.1 Å². The number of Topliss-reactive ketones (excluding diaryl/α,β-unsaturated/α-hetero) is 1. The molecule has 1 saturated heterocycles. The molecule has 0 aliphatic carbocycles. The van der Waals surface area contributed by atoms with Crippen molar-refractivity contribution < 1.29 is 14.3 Å². The van der Waals surface area contributed by atoms with Crippen LogP contribution in [-0.4, -0.2) is 56.0 Å². The standard InChI is InChI=1S/C16H22N2O3/c1-13-3-5-14(6-4-13)15(19)16(20)17-7-2-8-18-9-11-21-12-10-18/h3-6H,2,7-12H2,1H3,(H,17,20). The van der Waals surface area contributed by atoms with Crippen molar-refractivity contribution in [3.05, 3.63) is 35.4 Å². The number of amides is 1. The van der Waals surface area contributed by atoms with Crippen LogP contribution >= 0.6 is 0 Å². The topological polar surface area (TPSA) is 58.6 Å². The SMILES string of the molecule is Cc1ccc(C(=O)C(=O)NCCCN2CCOCC2)cc1. The molecule has 1 amide bonds. The normalized spacial score (nSPS) is 15.7. The van der Waals surface area contributed by atoms with Crippen LogP contribution < -0.4 is 5.32 Å². The lowest BCUT2D eigenvalue weighted by atomic mass is 10.1. The van der Waals surface area contributed by atoms with Crippen LogP contribution in [-0.2, 0) is 9.53 Å². The molecule has 0 aromatic heterocycles. The van der Waals surface area contributed by atoms with Crippen molar-refractivity contribution in [1.29, 1.82) is 0 Å². The highest BCUT2D eigenvalue weighted by molar-refractivity contribution is 6.42. The minimum absolute atomic E-state index is 0.436. The van der Waals surface area contributed by atoms with Gasteiger partial charge >= 0.3 is 0 Å². The van der Waals surface area contributed by atoms with Gasteiger partial charge in [0.05, 0.1) is 13.2 Å². The van der Waals surface area contributed by atoms with Crippen molar-refractivity contribution in [1.82, 2.24) is 10.2 Å². The smallest absolute Gasteiger partial charge is 0.292 e. The van der Waals surface area contributed by atoms with Gasteiger partial charge < -0.3 is 10.1 Å². The molecular weight excluding hydrogens is 268 g/mol. The largest absolute Gasteiger partial charge is 0.379 e. The van der Waals surface area contributed by atoms with Crippen molar-refractivity contribution in [3.8, 4) is 0 Å². The van der Waals surface area contributed by atoms with E-state index >= 15 is 0 Å². The average molecular weight is 290 g/mol. The summed E-state index contributed by atoms with van der Waals surface area (Å²) < 4.78 is 5.28. The zero-order valence-corrected chi connectivity index (χ0v) is 12.4. The number of nitrogens with one attached hydrogen (secondary N) is 1. The fraction of sp³-hybridized carbons (Fsp3) is 0.500. The number of morpholine rings is 1. The summed E-state index contributed by atoms with van der Waals surface area (Å²) in [6.45, 7) is 6.82. The number of ketones is 1. The molecule has 1 fully saturated rings. The van der Waals surface area contributed by atoms with Crippen molar-refractivity contribution in [2.24, 2.45) is 0 Å². The lowest BCUT2D eigenvalue weighted by Gasteiger charge is -2.26. The third kappa shape index (κ3) is 4.95. The van der Waals surface area contributed by atoms with Crippen LogP contribution in [0.15, 0.2) is 24.3 Å². The molecule has 1 aromatic carbocycles. The van der Waals surface area contributed by atoms with Crippen molar-refractivity contribution in [3.63, 3.8) is 0 Å². The van der Waals surface area contributed by atoms with Crippen LogP contribution in [0.5, 0.6) is 0 Å². The lowest BCUT2D eigenvalue weighted by Crippen LogP contribution is -2.38. The van der Waals surface area contributed by atoms with E-state index in [2.05, 4.69) is 10.2 Å². The number of nitrogens with zero attached hydrogens (tertiary/aromatic N) is 1. The number of hydrogen-bond acceptors (Lipinski definition) is 4. The Morgan fingerprint density at radius 3 is 2.52 bits per heavy atom. The Hall–Kier alpha value is -1.72. The van der Waals surface area contributed by atoms with Gasteiger partial charge in [-0.2, -0.15) is 0 Å². The zero-order valence-electron chi connectivity index (χ0n) is 12.4. The average Bonchev–Trinajstić information content (AvgIpc) is 2.52. The Bertz CT molecular complexity index is 479. The molecule has 114 valence electrons. The molecule has 1 N–H and O–H groups in total. The van der Waals surface area contributed by atoms with E-state index in [0.29, 0.717) is 12.1 Å². The van der Waals surface area contributed by atoms with Crippen LogP contribution in [0.3, 0.4) is 0 Å². The van der Waals surface area contributed by atoms with E-state index in [1.807, 2.05) is 19.1 Å². The summed E-state index contributed by atoms with van der Waals surface area (Å²) in [5, 5.41) is 2.69. The molecule has 0 bridgehead atoms. The van der Waals surface area contributed by atoms with Crippen molar-refractivity contribution in [2.75, 3.05) is 39.4 Å². The number of benzene rings is 1. The summed E-state index contributed by atoms with van der Waals surface area (Å²) in [7, 11) is 0. The van der Waals surface area contributed by atoms with Gasteiger partial charge in [-0.15, -0.1) is 0 Å². The van der Waals surface area contributed by atoms with Crippen LogP contribution in [0.2, 0.25) is 0 Å². The van der Waals surface area contributed by atoms with Gasteiger partial charge in [-0.05, 0) is 19.9 Å². The van der Waals surface area contributed by atoms with Gasteiger partial charge in [0.1, 0.15) is 0 Å². The van der Waals surface area contributed by atoms with Crippen molar-refractivity contribution in [2.45, 2.75) is 13.3 Å². The molecule has 0 unspecified atom stereocenters.